The lowest BCUT2D eigenvalue weighted by atomic mass is 10.4. The van der Waals surface area contributed by atoms with Crippen molar-refractivity contribution >= 4 is 17.2 Å². The SMILES string of the molecule is CCOc1cc(NCc2ncc(CC)s2)nc(C)n1. The number of thiazole rings is 1. The summed E-state index contributed by atoms with van der Waals surface area (Å²) in [7, 11) is 0. The van der Waals surface area contributed by atoms with Crippen molar-refractivity contribution < 1.29 is 4.74 Å². The summed E-state index contributed by atoms with van der Waals surface area (Å²) in [4.78, 5) is 14.2. The Bertz CT molecular complexity index is 541. The van der Waals surface area contributed by atoms with E-state index in [0.717, 1.165) is 17.2 Å². The molecule has 0 saturated carbocycles. The molecule has 2 aromatic rings. The predicted molar refractivity (Wildman–Crippen MR) is 76.8 cm³/mol. The van der Waals surface area contributed by atoms with Crippen LogP contribution in [0.1, 0.15) is 29.6 Å². The first kappa shape index (κ1) is 13.7. The van der Waals surface area contributed by atoms with Crippen molar-refractivity contribution in [3.63, 3.8) is 0 Å². The first-order valence-electron chi connectivity index (χ1n) is 6.37. The van der Waals surface area contributed by atoms with Crippen LogP contribution in [0, 0.1) is 6.92 Å². The molecular weight excluding hydrogens is 260 g/mol. The quantitative estimate of drug-likeness (QED) is 0.880. The van der Waals surface area contributed by atoms with Gasteiger partial charge >= 0.3 is 0 Å². The number of rotatable bonds is 6. The Balaban J connectivity index is 2.02. The molecule has 0 aliphatic heterocycles. The fourth-order valence-corrected chi connectivity index (χ4v) is 2.41. The molecule has 0 atom stereocenters. The summed E-state index contributed by atoms with van der Waals surface area (Å²) in [6.07, 6.45) is 2.96. The van der Waals surface area contributed by atoms with Crippen molar-refractivity contribution in [1.82, 2.24) is 15.0 Å². The highest BCUT2D eigenvalue weighted by Gasteiger charge is 2.04. The lowest BCUT2D eigenvalue weighted by Crippen LogP contribution is -2.04. The van der Waals surface area contributed by atoms with Crippen LogP contribution in [0.2, 0.25) is 0 Å². The number of hydrogen-bond acceptors (Lipinski definition) is 6. The lowest BCUT2D eigenvalue weighted by Gasteiger charge is -2.07. The van der Waals surface area contributed by atoms with Crippen molar-refractivity contribution in [1.29, 1.82) is 0 Å². The summed E-state index contributed by atoms with van der Waals surface area (Å²) >= 11 is 1.72. The maximum atomic E-state index is 5.40. The van der Waals surface area contributed by atoms with E-state index in [1.54, 1.807) is 11.3 Å². The van der Waals surface area contributed by atoms with Crippen molar-refractivity contribution in [2.45, 2.75) is 33.7 Å². The van der Waals surface area contributed by atoms with Gasteiger partial charge in [-0.3, -0.25) is 0 Å². The molecular formula is C13H18N4OS. The van der Waals surface area contributed by atoms with E-state index < -0.39 is 0 Å². The maximum absolute atomic E-state index is 5.40. The molecule has 0 aliphatic carbocycles. The van der Waals surface area contributed by atoms with E-state index in [-0.39, 0.29) is 0 Å². The molecule has 0 radical (unpaired) electrons. The molecule has 19 heavy (non-hydrogen) atoms. The lowest BCUT2D eigenvalue weighted by molar-refractivity contribution is 0.325. The minimum Gasteiger partial charge on any atom is -0.478 e. The number of hydrogen-bond donors (Lipinski definition) is 1. The first-order valence-corrected chi connectivity index (χ1v) is 7.18. The Kier molecular flexibility index (Phi) is 4.68. The van der Waals surface area contributed by atoms with Gasteiger partial charge in [-0.2, -0.15) is 4.98 Å². The molecule has 2 heterocycles. The minimum absolute atomic E-state index is 0.599. The summed E-state index contributed by atoms with van der Waals surface area (Å²) < 4.78 is 5.40. The third-order valence-corrected chi connectivity index (χ3v) is 3.62. The molecule has 2 rings (SSSR count). The second-order valence-electron chi connectivity index (χ2n) is 4.00. The zero-order valence-corrected chi connectivity index (χ0v) is 12.3. The number of nitrogens with one attached hydrogen (secondary N) is 1. The smallest absolute Gasteiger partial charge is 0.218 e. The van der Waals surface area contributed by atoms with Gasteiger partial charge in [0.1, 0.15) is 16.6 Å². The Hall–Kier alpha value is -1.69. The van der Waals surface area contributed by atoms with Gasteiger partial charge in [-0.1, -0.05) is 6.92 Å². The molecule has 0 aromatic carbocycles. The summed E-state index contributed by atoms with van der Waals surface area (Å²) in [5, 5.41) is 4.32. The number of aryl methyl sites for hydroxylation is 2. The molecule has 0 amide bonds. The van der Waals surface area contributed by atoms with Crippen LogP contribution in [0.4, 0.5) is 5.82 Å². The van der Waals surface area contributed by atoms with Crippen LogP contribution >= 0.6 is 11.3 Å². The van der Waals surface area contributed by atoms with Gasteiger partial charge in [-0.05, 0) is 20.3 Å². The summed E-state index contributed by atoms with van der Waals surface area (Å²) in [6.45, 7) is 7.19. The van der Waals surface area contributed by atoms with Crippen LogP contribution in [0.25, 0.3) is 0 Å². The number of ether oxygens (including phenoxy) is 1. The van der Waals surface area contributed by atoms with Gasteiger partial charge in [0.2, 0.25) is 5.88 Å². The van der Waals surface area contributed by atoms with E-state index in [1.165, 1.54) is 4.88 Å². The van der Waals surface area contributed by atoms with Gasteiger partial charge in [-0.25, -0.2) is 9.97 Å². The fourth-order valence-electron chi connectivity index (χ4n) is 1.61. The molecule has 5 nitrogen and oxygen atoms in total. The van der Waals surface area contributed by atoms with E-state index in [0.29, 0.717) is 24.9 Å². The highest BCUT2D eigenvalue weighted by Crippen LogP contribution is 2.17. The fraction of sp³-hybridized carbons (Fsp3) is 0.462. The molecule has 0 unspecified atom stereocenters. The van der Waals surface area contributed by atoms with E-state index in [4.69, 9.17) is 4.74 Å². The maximum Gasteiger partial charge on any atom is 0.218 e. The van der Waals surface area contributed by atoms with Crippen LogP contribution in [-0.2, 0) is 13.0 Å². The molecule has 0 aliphatic rings. The van der Waals surface area contributed by atoms with Gasteiger partial charge in [0.25, 0.3) is 0 Å². The van der Waals surface area contributed by atoms with Crippen LogP contribution in [0.15, 0.2) is 12.3 Å². The zero-order valence-electron chi connectivity index (χ0n) is 11.4. The van der Waals surface area contributed by atoms with Crippen molar-refractivity contribution in [2.24, 2.45) is 0 Å². The van der Waals surface area contributed by atoms with Crippen LogP contribution in [-0.4, -0.2) is 21.6 Å². The van der Waals surface area contributed by atoms with Crippen LogP contribution in [0.5, 0.6) is 5.88 Å². The Morgan fingerprint density at radius 3 is 2.84 bits per heavy atom. The van der Waals surface area contributed by atoms with Gasteiger partial charge < -0.3 is 10.1 Å². The summed E-state index contributed by atoms with van der Waals surface area (Å²) in [5.74, 6) is 2.07. The highest BCUT2D eigenvalue weighted by molar-refractivity contribution is 7.11. The summed E-state index contributed by atoms with van der Waals surface area (Å²) in [6, 6.07) is 1.81. The molecule has 1 N–H and O–H groups in total. The molecule has 6 heteroatoms. The topological polar surface area (TPSA) is 59.9 Å². The van der Waals surface area contributed by atoms with Crippen LogP contribution < -0.4 is 10.1 Å². The largest absolute Gasteiger partial charge is 0.478 e. The van der Waals surface area contributed by atoms with Crippen molar-refractivity contribution in [3.05, 3.63) is 28.0 Å². The Morgan fingerprint density at radius 2 is 2.16 bits per heavy atom. The standard InChI is InChI=1S/C13H18N4OS/c1-4-10-7-15-13(19-10)8-14-11-6-12(18-5-2)17-9(3)16-11/h6-7H,4-5,8H2,1-3H3,(H,14,16,17). The van der Waals surface area contributed by atoms with E-state index in [2.05, 4.69) is 27.2 Å². The second-order valence-corrected chi connectivity index (χ2v) is 5.20. The molecule has 0 fully saturated rings. The summed E-state index contributed by atoms with van der Waals surface area (Å²) in [5.41, 5.74) is 0. The van der Waals surface area contributed by atoms with Crippen LogP contribution in [0.3, 0.4) is 0 Å². The van der Waals surface area contributed by atoms with Crippen molar-refractivity contribution in [3.8, 4) is 5.88 Å². The molecule has 102 valence electrons. The third-order valence-electron chi connectivity index (χ3n) is 2.48. The average molecular weight is 278 g/mol. The Labute approximate surface area is 117 Å². The van der Waals surface area contributed by atoms with Crippen molar-refractivity contribution in [2.75, 3.05) is 11.9 Å². The molecule has 0 spiro atoms. The number of anilines is 1. The van der Waals surface area contributed by atoms with Gasteiger partial charge in [-0.15, -0.1) is 11.3 Å². The number of nitrogens with zero attached hydrogens (tertiary/aromatic N) is 3. The van der Waals surface area contributed by atoms with Gasteiger partial charge in [0.05, 0.1) is 13.2 Å². The zero-order chi connectivity index (χ0) is 13.7. The van der Waals surface area contributed by atoms with Gasteiger partial charge in [0, 0.05) is 17.1 Å². The van der Waals surface area contributed by atoms with Gasteiger partial charge in [0.15, 0.2) is 0 Å². The third kappa shape index (κ3) is 3.89. The van der Waals surface area contributed by atoms with E-state index >= 15 is 0 Å². The van der Waals surface area contributed by atoms with E-state index in [1.807, 2.05) is 26.1 Å². The molecule has 0 saturated heterocycles. The second kappa shape index (κ2) is 6.47. The Morgan fingerprint density at radius 1 is 1.32 bits per heavy atom. The monoisotopic (exact) mass is 278 g/mol. The highest BCUT2D eigenvalue weighted by atomic mass is 32.1. The normalized spacial score (nSPS) is 10.5. The predicted octanol–water partition coefficient (Wildman–Crippen LogP) is 2.81. The van der Waals surface area contributed by atoms with E-state index in [9.17, 15) is 0 Å². The first-order chi connectivity index (χ1) is 9.21. The molecule has 2 aromatic heterocycles. The molecule has 0 bridgehead atoms. The average Bonchev–Trinajstić information content (AvgIpc) is 2.84. The minimum atomic E-state index is 0.599. The number of aromatic nitrogens is 3.